The van der Waals surface area contributed by atoms with Gasteiger partial charge in [0.2, 0.25) is 5.91 Å². The maximum Gasteiger partial charge on any atom is 0.256 e. The Balaban J connectivity index is 1.77. The first-order chi connectivity index (χ1) is 15.0. The molecule has 0 bridgehead atoms. The van der Waals surface area contributed by atoms with Crippen LogP contribution >= 0.6 is 0 Å². The van der Waals surface area contributed by atoms with Crippen LogP contribution in [-0.2, 0) is 18.3 Å². The number of likely N-dealkylation sites (tertiary alicyclic amines) is 1. The third-order valence-electron chi connectivity index (χ3n) is 5.85. The molecule has 4 rings (SSSR count). The molecule has 2 heterocycles. The number of nitrogens with one attached hydrogen (secondary N) is 1. The second kappa shape index (κ2) is 8.89. The molecule has 1 aliphatic heterocycles. The Morgan fingerprint density at radius 3 is 2.55 bits per heavy atom. The molecule has 1 fully saturated rings. The van der Waals surface area contributed by atoms with Crippen molar-refractivity contribution in [2.75, 3.05) is 18.4 Å². The van der Waals surface area contributed by atoms with E-state index in [0.717, 1.165) is 16.9 Å². The van der Waals surface area contributed by atoms with Crippen LogP contribution < -0.4 is 5.32 Å². The first-order valence-electron chi connectivity index (χ1n) is 10.8. The Hall–Kier alpha value is -3.19. The molecule has 0 aliphatic carbocycles. The molecule has 7 heteroatoms. The third-order valence-corrected chi connectivity index (χ3v) is 5.85. The molecule has 1 aliphatic rings. The van der Waals surface area contributed by atoms with Crippen molar-refractivity contribution in [3.8, 4) is 0 Å². The highest BCUT2D eigenvalue weighted by molar-refractivity contribution is 6.07. The number of carbonyl (C=O) groups excluding carboxylic acids is 2. The lowest BCUT2D eigenvalue weighted by atomic mass is 10.1. The van der Waals surface area contributed by atoms with Gasteiger partial charge >= 0.3 is 0 Å². The highest BCUT2D eigenvalue weighted by Crippen LogP contribution is 2.28. The number of aliphatic hydroxyl groups excluding tert-OH is 1. The van der Waals surface area contributed by atoms with E-state index >= 15 is 0 Å². The normalized spacial score (nSPS) is 14.7. The van der Waals surface area contributed by atoms with Crippen LogP contribution in [-0.4, -0.2) is 50.6 Å². The van der Waals surface area contributed by atoms with E-state index in [2.05, 4.69) is 17.4 Å². The number of carbonyl (C=O) groups is 2. The van der Waals surface area contributed by atoms with Gasteiger partial charge in [0.05, 0.1) is 22.7 Å². The van der Waals surface area contributed by atoms with E-state index in [1.54, 1.807) is 17.9 Å². The van der Waals surface area contributed by atoms with Crippen LogP contribution in [0.2, 0.25) is 0 Å². The zero-order valence-electron chi connectivity index (χ0n) is 18.0. The molecule has 3 aromatic rings. The monoisotopic (exact) mass is 420 g/mol. The van der Waals surface area contributed by atoms with Crippen molar-refractivity contribution < 1.29 is 14.7 Å². The van der Waals surface area contributed by atoms with Gasteiger partial charge in [0.1, 0.15) is 5.82 Å². The summed E-state index contributed by atoms with van der Waals surface area (Å²) in [6, 6.07) is 13.7. The fourth-order valence-corrected chi connectivity index (χ4v) is 4.06. The van der Waals surface area contributed by atoms with E-state index in [4.69, 9.17) is 4.98 Å². The largest absolute Gasteiger partial charge is 0.393 e. The minimum Gasteiger partial charge on any atom is -0.393 e. The summed E-state index contributed by atoms with van der Waals surface area (Å²) in [6.45, 7) is 2.82. The maximum atomic E-state index is 13.4. The molecule has 7 nitrogen and oxygen atoms in total. The number of nitrogens with zero attached hydrogens (tertiary/aromatic N) is 3. The molecule has 2 N–H and O–H groups in total. The van der Waals surface area contributed by atoms with Crippen LogP contribution in [0.4, 0.5) is 5.69 Å². The molecule has 2 amide bonds. The predicted octanol–water partition coefficient (Wildman–Crippen LogP) is 3.11. The number of hydrogen-bond acceptors (Lipinski definition) is 4. The molecule has 31 heavy (non-hydrogen) atoms. The Labute approximate surface area is 181 Å². The van der Waals surface area contributed by atoms with Crippen LogP contribution in [0.5, 0.6) is 0 Å². The standard InChI is InChI=1S/C24H28N4O3/c1-3-22(30)25-17-14-19(24(31)28-11-9-18(29)10-12-28)23-20(15-17)26-21(27(23)2)13-16-7-5-4-6-8-16/h4-8,14-15,18,29H,3,9-13H2,1-2H3,(H,25,30). The summed E-state index contributed by atoms with van der Waals surface area (Å²) in [7, 11) is 1.93. The minimum atomic E-state index is -0.353. The van der Waals surface area contributed by atoms with Crippen molar-refractivity contribution in [2.24, 2.45) is 7.05 Å². The number of benzene rings is 2. The number of piperidine rings is 1. The third kappa shape index (κ3) is 4.46. The van der Waals surface area contributed by atoms with Crippen molar-refractivity contribution >= 4 is 28.5 Å². The van der Waals surface area contributed by atoms with Gasteiger partial charge in [0.15, 0.2) is 0 Å². The second-order valence-electron chi connectivity index (χ2n) is 8.07. The quantitative estimate of drug-likeness (QED) is 0.664. The van der Waals surface area contributed by atoms with E-state index in [1.807, 2.05) is 35.9 Å². The molecule has 1 saturated heterocycles. The van der Waals surface area contributed by atoms with Crippen molar-refractivity contribution in [1.82, 2.24) is 14.5 Å². The van der Waals surface area contributed by atoms with Gasteiger partial charge in [0.25, 0.3) is 5.91 Å². The molecule has 0 spiro atoms. The van der Waals surface area contributed by atoms with Gasteiger partial charge in [0, 0.05) is 38.7 Å². The lowest BCUT2D eigenvalue weighted by Gasteiger charge is -2.30. The fourth-order valence-electron chi connectivity index (χ4n) is 4.06. The van der Waals surface area contributed by atoms with Crippen molar-refractivity contribution in [1.29, 1.82) is 0 Å². The number of amides is 2. The summed E-state index contributed by atoms with van der Waals surface area (Å²) in [5, 5.41) is 12.7. The average molecular weight is 421 g/mol. The summed E-state index contributed by atoms with van der Waals surface area (Å²) in [6.07, 6.45) is 1.80. The second-order valence-corrected chi connectivity index (χ2v) is 8.07. The summed E-state index contributed by atoms with van der Waals surface area (Å²) in [5.41, 5.74) is 3.68. The molecular weight excluding hydrogens is 392 g/mol. The number of hydrogen-bond donors (Lipinski definition) is 2. The molecule has 162 valence electrons. The topological polar surface area (TPSA) is 87.5 Å². The Bertz CT molecular complexity index is 1100. The van der Waals surface area contributed by atoms with Gasteiger partial charge in [-0.2, -0.15) is 0 Å². The van der Waals surface area contributed by atoms with Crippen LogP contribution in [0.25, 0.3) is 11.0 Å². The van der Waals surface area contributed by atoms with Gasteiger partial charge in [-0.3, -0.25) is 9.59 Å². The number of imidazole rings is 1. The molecule has 0 saturated carbocycles. The first-order valence-corrected chi connectivity index (χ1v) is 10.8. The summed E-state index contributed by atoms with van der Waals surface area (Å²) >= 11 is 0. The van der Waals surface area contributed by atoms with Gasteiger partial charge in [-0.25, -0.2) is 4.98 Å². The van der Waals surface area contributed by atoms with Crippen LogP contribution in [0.3, 0.4) is 0 Å². The molecule has 2 aromatic carbocycles. The zero-order valence-corrected chi connectivity index (χ0v) is 18.0. The van der Waals surface area contributed by atoms with E-state index in [-0.39, 0.29) is 17.9 Å². The fraction of sp³-hybridized carbons (Fsp3) is 0.375. The maximum absolute atomic E-state index is 13.4. The zero-order chi connectivity index (χ0) is 22.0. The lowest BCUT2D eigenvalue weighted by molar-refractivity contribution is -0.115. The minimum absolute atomic E-state index is 0.0984. The first kappa shape index (κ1) is 21.1. The van der Waals surface area contributed by atoms with Gasteiger partial charge in [-0.1, -0.05) is 37.3 Å². The molecule has 0 radical (unpaired) electrons. The Morgan fingerprint density at radius 1 is 1.16 bits per heavy atom. The average Bonchev–Trinajstić information content (AvgIpc) is 3.09. The van der Waals surface area contributed by atoms with Crippen molar-refractivity contribution in [2.45, 2.75) is 38.7 Å². The van der Waals surface area contributed by atoms with Gasteiger partial charge in [-0.05, 0) is 30.5 Å². The highest BCUT2D eigenvalue weighted by Gasteiger charge is 2.26. The van der Waals surface area contributed by atoms with Gasteiger partial charge in [-0.15, -0.1) is 0 Å². The van der Waals surface area contributed by atoms with Crippen molar-refractivity contribution in [3.63, 3.8) is 0 Å². The van der Waals surface area contributed by atoms with Crippen LogP contribution in [0, 0.1) is 0 Å². The molecular formula is C24H28N4O3. The van der Waals surface area contributed by atoms with Gasteiger partial charge < -0.3 is 19.9 Å². The SMILES string of the molecule is CCC(=O)Nc1cc(C(=O)N2CCC(O)CC2)c2c(c1)nc(Cc1ccccc1)n2C. The predicted molar refractivity (Wildman–Crippen MR) is 120 cm³/mol. The summed E-state index contributed by atoms with van der Waals surface area (Å²) in [5.74, 6) is 0.640. The number of aliphatic hydroxyl groups is 1. The number of anilines is 1. The Morgan fingerprint density at radius 2 is 1.87 bits per heavy atom. The van der Waals surface area contributed by atoms with E-state index in [9.17, 15) is 14.7 Å². The molecule has 1 aromatic heterocycles. The highest BCUT2D eigenvalue weighted by atomic mass is 16.3. The molecule has 0 unspecified atom stereocenters. The van der Waals surface area contributed by atoms with E-state index in [1.165, 1.54) is 0 Å². The lowest BCUT2D eigenvalue weighted by Crippen LogP contribution is -2.40. The number of rotatable bonds is 5. The number of aryl methyl sites for hydroxylation is 1. The van der Waals surface area contributed by atoms with E-state index in [0.29, 0.717) is 55.5 Å². The summed E-state index contributed by atoms with van der Waals surface area (Å²) < 4.78 is 1.97. The number of fused-ring (bicyclic) bond motifs is 1. The summed E-state index contributed by atoms with van der Waals surface area (Å²) in [4.78, 5) is 32.0. The van der Waals surface area contributed by atoms with Crippen molar-refractivity contribution in [3.05, 3.63) is 59.4 Å². The van der Waals surface area contributed by atoms with E-state index < -0.39 is 0 Å². The molecule has 0 atom stereocenters. The smallest absolute Gasteiger partial charge is 0.256 e. The van der Waals surface area contributed by atoms with Crippen LogP contribution in [0.1, 0.15) is 47.9 Å². The Kier molecular flexibility index (Phi) is 6.04. The number of aromatic nitrogens is 2. The van der Waals surface area contributed by atoms with Crippen LogP contribution in [0.15, 0.2) is 42.5 Å².